The van der Waals surface area contributed by atoms with E-state index in [0.29, 0.717) is 5.56 Å². The highest BCUT2D eigenvalue weighted by Crippen LogP contribution is 2.22. The van der Waals surface area contributed by atoms with Gasteiger partial charge in [-0.05, 0) is 36.4 Å². The van der Waals surface area contributed by atoms with Gasteiger partial charge in [0.05, 0.1) is 16.8 Å². The van der Waals surface area contributed by atoms with Crippen molar-refractivity contribution in [3.8, 4) is 11.8 Å². The number of aromatic nitrogens is 1. The maximum atomic E-state index is 9.12. The fourth-order valence-electron chi connectivity index (χ4n) is 2.01. The van der Waals surface area contributed by atoms with E-state index in [-0.39, 0.29) is 0 Å². The molecule has 3 aromatic rings. The largest absolute Gasteiger partial charge is 0.315 e. The van der Waals surface area contributed by atoms with Gasteiger partial charge in [0.25, 0.3) is 0 Å². The second kappa shape index (κ2) is 3.80. The molecular weight excluding hydrogens is 208 g/mol. The molecule has 0 fully saturated rings. The van der Waals surface area contributed by atoms with E-state index in [1.54, 1.807) is 0 Å². The Morgan fingerprint density at radius 1 is 1.12 bits per heavy atom. The first-order chi connectivity index (χ1) is 8.40. The highest BCUT2D eigenvalue weighted by atomic mass is 15.0. The Morgan fingerprint density at radius 2 is 2.00 bits per heavy atom. The third-order valence-corrected chi connectivity index (χ3v) is 2.82. The Morgan fingerprint density at radius 3 is 2.88 bits per heavy atom. The van der Waals surface area contributed by atoms with E-state index in [0.717, 1.165) is 16.6 Å². The lowest BCUT2D eigenvalue weighted by molar-refractivity contribution is 1.12. The summed E-state index contributed by atoms with van der Waals surface area (Å²) in [5.74, 6) is 0. The predicted octanol–water partition coefficient (Wildman–Crippen LogP) is 3.30. The van der Waals surface area contributed by atoms with Gasteiger partial charge in [-0.3, -0.25) is 0 Å². The van der Waals surface area contributed by atoms with Crippen LogP contribution in [0.3, 0.4) is 0 Å². The van der Waals surface area contributed by atoms with Crippen molar-refractivity contribution in [2.45, 2.75) is 0 Å². The van der Waals surface area contributed by atoms with Crippen molar-refractivity contribution in [2.75, 3.05) is 0 Å². The lowest BCUT2D eigenvalue weighted by Gasteiger charge is -2.06. The van der Waals surface area contributed by atoms with Crippen LogP contribution in [0.1, 0.15) is 5.56 Å². The second-order valence-electron chi connectivity index (χ2n) is 3.80. The molecule has 17 heavy (non-hydrogen) atoms. The molecular formula is C15H9N2. The zero-order valence-electron chi connectivity index (χ0n) is 9.09. The number of benzene rings is 2. The Balaban J connectivity index is 2.32. The maximum absolute atomic E-state index is 9.12. The van der Waals surface area contributed by atoms with Crippen molar-refractivity contribution >= 4 is 10.9 Å². The summed E-state index contributed by atoms with van der Waals surface area (Å²) in [5.41, 5.74) is 2.68. The molecule has 0 amide bonds. The molecule has 1 radical (unpaired) electrons. The van der Waals surface area contributed by atoms with Crippen LogP contribution in [0.4, 0.5) is 0 Å². The lowest BCUT2D eigenvalue weighted by atomic mass is 10.2. The molecule has 0 saturated carbocycles. The summed E-state index contributed by atoms with van der Waals surface area (Å²) in [6, 6.07) is 20.7. The van der Waals surface area contributed by atoms with Gasteiger partial charge in [-0.2, -0.15) is 5.26 Å². The third kappa shape index (κ3) is 1.49. The van der Waals surface area contributed by atoms with Gasteiger partial charge in [-0.1, -0.05) is 18.2 Å². The molecule has 0 aliphatic heterocycles. The fraction of sp³-hybridized carbons (Fsp3) is 0. The molecule has 3 rings (SSSR count). The molecule has 2 nitrogen and oxygen atoms in total. The molecule has 0 aliphatic carbocycles. The van der Waals surface area contributed by atoms with Gasteiger partial charge in [0.1, 0.15) is 6.07 Å². The van der Waals surface area contributed by atoms with E-state index in [4.69, 9.17) is 5.26 Å². The summed E-state index contributed by atoms with van der Waals surface area (Å²) in [7, 11) is 0. The Bertz CT molecular complexity index is 717. The number of rotatable bonds is 1. The van der Waals surface area contributed by atoms with Crippen LogP contribution >= 0.6 is 0 Å². The number of hydrogen-bond acceptors (Lipinski definition) is 1. The highest BCUT2D eigenvalue weighted by molar-refractivity contribution is 5.82. The smallest absolute Gasteiger partial charge is 0.101 e. The molecule has 0 aliphatic rings. The number of hydrogen-bond donors (Lipinski definition) is 0. The topological polar surface area (TPSA) is 28.7 Å². The minimum atomic E-state index is 0.679. The monoisotopic (exact) mass is 217 g/mol. The van der Waals surface area contributed by atoms with E-state index in [1.807, 2.05) is 59.3 Å². The number of nitrogens with zero attached hydrogens (tertiary/aromatic N) is 2. The highest BCUT2D eigenvalue weighted by Gasteiger charge is 2.06. The van der Waals surface area contributed by atoms with Gasteiger partial charge < -0.3 is 4.57 Å². The van der Waals surface area contributed by atoms with Crippen molar-refractivity contribution in [3.63, 3.8) is 0 Å². The zero-order valence-corrected chi connectivity index (χ0v) is 9.09. The van der Waals surface area contributed by atoms with E-state index in [2.05, 4.69) is 12.1 Å². The summed E-state index contributed by atoms with van der Waals surface area (Å²) in [6.45, 7) is 0. The molecule has 2 heteroatoms. The van der Waals surface area contributed by atoms with Crippen molar-refractivity contribution < 1.29 is 0 Å². The van der Waals surface area contributed by atoms with Gasteiger partial charge in [-0.15, -0.1) is 0 Å². The first-order valence-corrected chi connectivity index (χ1v) is 5.37. The number of fused-ring (bicyclic) bond motifs is 1. The van der Waals surface area contributed by atoms with E-state index >= 15 is 0 Å². The summed E-state index contributed by atoms with van der Waals surface area (Å²) < 4.78 is 2.03. The average molecular weight is 217 g/mol. The zero-order chi connectivity index (χ0) is 11.7. The van der Waals surface area contributed by atoms with Gasteiger partial charge in [0, 0.05) is 11.6 Å². The molecule has 0 saturated heterocycles. The quantitative estimate of drug-likeness (QED) is 0.614. The Kier molecular flexibility index (Phi) is 2.16. The standard InChI is InChI=1S/C15H9N2/c16-11-13-6-2-4-8-15(13)17-10-9-12-5-1-3-7-14(12)17/h2-10H. The van der Waals surface area contributed by atoms with Crippen LogP contribution in [-0.2, 0) is 0 Å². The molecule has 0 atom stereocenters. The van der Waals surface area contributed by atoms with Crippen molar-refractivity contribution in [2.24, 2.45) is 0 Å². The van der Waals surface area contributed by atoms with Gasteiger partial charge in [-0.25, -0.2) is 0 Å². The van der Waals surface area contributed by atoms with Gasteiger partial charge in [0.2, 0.25) is 0 Å². The minimum absolute atomic E-state index is 0.679. The predicted molar refractivity (Wildman–Crippen MR) is 66.8 cm³/mol. The van der Waals surface area contributed by atoms with Crippen molar-refractivity contribution in [1.82, 2.24) is 4.57 Å². The number of nitriles is 1. The van der Waals surface area contributed by atoms with Crippen LogP contribution in [0.2, 0.25) is 0 Å². The molecule has 0 N–H and O–H groups in total. The van der Waals surface area contributed by atoms with Gasteiger partial charge in [0.15, 0.2) is 0 Å². The van der Waals surface area contributed by atoms with Crippen molar-refractivity contribution in [1.29, 1.82) is 5.26 Å². The first-order valence-electron chi connectivity index (χ1n) is 5.37. The molecule has 2 aromatic carbocycles. The fourth-order valence-corrected chi connectivity index (χ4v) is 2.01. The van der Waals surface area contributed by atoms with Crippen LogP contribution in [0.25, 0.3) is 16.6 Å². The average Bonchev–Trinajstić information content (AvgIpc) is 2.82. The maximum Gasteiger partial charge on any atom is 0.101 e. The molecule has 1 heterocycles. The summed E-state index contributed by atoms with van der Waals surface area (Å²) in [5, 5.41) is 10.2. The van der Waals surface area contributed by atoms with E-state index in [9.17, 15) is 0 Å². The van der Waals surface area contributed by atoms with E-state index in [1.165, 1.54) is 0 Å². The lowest BCUT2D eigenvalue weighted by Crippen LogP contribution is -1.94. The van der Waals surface area contributed by atoms with Crippen LogP contribution in [0.15, 0.2) is 54.7 Å². The minimum Gasteiger partial charge on any atom is -0.315 e. The SMILES string of the molecule is N#Cc1ccccc1-n1ccc2c[c]ccc21. The van der Waals surface area contributed by atoms with Crippen LogP contribution < -0.4 is 0 Å². The summed E-state index contributed by atoms with van der Waals surface area (Å²) in [4.78, 5) is 0. The molecule has 0 spiro atoms. The summed E-state index contributed by atoms with van der Waals surface area (Å²) >= 11 is 0. The molecule has 0 unspecified atom stereocenters. The molecule has 79 valence electrons. The second-order valence-corrected chi connectivity index (χ2v) is 3.80. The normalized spacial score (nSPS) is 10.3. The molecule has 0 bridgehead atoms. The summed E-state index contributed by atoms with van der Waals surface area (Å²) in [6.07, 6.45) is 1.98. The third-order valence-electron chi connectivity index (χ3n) is 2.82. The Hall–Kier alpha value is -2.53. The molecule has 1 aromatic heterocycles. The van der Waals surface area contributed by atoms with Gasteiger partial charge >= 0.3 is 0 Å². The number of para-hydroxylation sites is 1. The van der Waals surface area contributed by atoms with Crippen LogP contribution in [-0.4, -0.2) is 4.57 Å². The van der Waals surface area contributed by atoms with Crippen LogP contribution in [0.5, 0.6) is 0 Å². The van der Waals surface area contributed by atoms with E-state index < -0.39 is 0 Å². The Labute approximate surface area is 99.3 Å². The van der Waals surface area contributed by atoms with Crippen molar-refractivity contribution in [3.05, 3.63) is 66.4 Å². The first kappa shape index (κ1) is 9.68. The van der Waals surface area contributed by atoms with Crippen LogP contribution in [0, 0.1) is 17.4 Å².